The summed E-state index contributed by atoms with van der Waals surface area (Å²) in [6.45, 7) is 2.24. The van der Waals surface area contributed by atoms with E-state index in [0.29, 0.717) is 6.42 Å². The monoisotopic (exact) mass is 322 g/mol. The Morgan fingerprint density at radius 3 is 1.52 bits per heavy atom. The van der Waals surface area contributed by atoms with Gasteiger partial charge in [0.15, 0.2) is 0 Å². The minimum Gasteiger partial charge on any atom is -0.307 e. The van der Waals surface area contributed by atoms with Crippen molar-refractivity contribution in [2.45, 2.75) is 96.8 Å². The summed E-state index contributed by atoms with van der Waals surface area (Å²) in [5.74, 6) is -0.663. The van der Waals surface area contributed by atoms with Gasteiger partial charge in [-0.1, -0.05) is 88.3 Å². The predicted octanol–water partition coefficient (Wildman–Crippen LogP) is 3.10. The summed E-state index contributed by atoms with van der Waals surface area (Å²) in [4.78, 5) is 10.9. The van der Waals surface area contributed by atoms with E-state index in [2.05, 4.69) is 11.2 Å². The molecule has 0 atom stereocenters. The first-order chi connectivity index (χ1) is 10.2. The highest BCUT2D eigenvalue weighted by atomic mass is 35.6. The molecule has 0 rings (SSSR count). The minimum atomic E-state index is -2.39. The predicted molar refractivity (Wildman–Crippen MR) is 76.4 cm³/mol. The van der Waals surface area contributed by atoms with Crippen molar-refractivity contribution >= 4 is 5.97 Å². The lowest BCUT2D eigenvalue weighted by atomic mass is 10.0. The van der Waals surface area contributed by atoms with Crippen LogP contribution >= 0.6 is 0 Å². The number of halogens is 1. The van der Waals surface area contributed by atoms with Gasteiger partial charge in [-0.3, -0.25) is 0 Å². The second kappa shape index (κ2) is 16.1. The molecule has 21 heavy (non-hydrogen) atoms. The van der Waals surface area contributed by atoms with Gasteiger partial charge >= 0.3 is 16.8 Å². The minimum absolute atomic E-state index is 0.191. The zero-order chi connectivity index (χ0) is 15.8. The molecule has 0 bridgehead atoms. The highest BCUT2D eigenvalue weighted by molar-refractivity contribution is 5.68. The molecule has 0 N–H and O–H groups in total. The van der Waals surface area contributed by atoms with Crippen LogP contribution in [-0.4, -0.2) is 5.97 Å². The lowest BCUT2D eigenvalue weighted by molar-refractivity contribution is -1.62. The van der Waals surface area contributed by atoms with Crippen molar-refractivity contribution < 1.29 is 29.2 Å². The lowest BCUT2D eigenvalue weighted by Gasteiger charge is -2.02. The van der Waals surface area contributed by atoms with Crippen molar-refractivity contribution in [3.05, 3.63) is 0 Å². The Bertz CT molecular complexity index is 234. The average molecular weight is 323 g/mol. The third kappa shape index (κ3) is 17.6. The molecule has 0 aliphatic heterocycles. The Hall–Kier alpha value is -0.320. The van der Waals surface area contributed by atoms with Crippen LogP contribution in [0.3, 0.4) is 0 Å². The van der Waals surface area contributed by atoms with Gasteiger partial charge in [0.1, 0.15) is 0 Å². The first-order valence-corrected chi connectivity index (χ1v) is 9.36. The zero-order valence-electron chi connectivity index (χ0n) is 13.4. The van der Waals surface area contributed by atoms with Crippen molar-refractivity contribution in [3.8, 4) is 0 Å². The summed E-state index contributed by atoms with van der Waals surface area (Å²) in [6.07, 6.45) is 16.3. The summed E-state index contributed by atoms with van der Waals surface area (Å²) in [5.41, 5.74) is 0. The molecule has 0 aromatic rings. The van der Waals surface area contributed by atoms with Crippen LogP contribution in [0.4, 0.5) is 0 Å². The van der Waals surface area contributed by atoms with Crippen LogP contribution in [0.15, 0.2) is 0 Å². The molecule has 0 saturated carbocycles. The maximum atomic E-state index is 10.9. The number of rotatable bonds is 15. The third-order valence-corrected chi connectivity index (χ3v) is 3.93. The molecule has 0 aromatic heterocycles. The molecule has 0 aliphatic carbocycles. The average Bonchev–Trinajstić information content (AvgIpc) is 2.43. The van der Waals surface area contributed by atoms with Crippen LogP contribution in [0.2, 0.25) is 0 Å². The van der Waals surface area contributed by atoms with Gasteiger partial charge in [-0.25, -0.2) is 4.79 Å². The smallest absolute Gasteiger partial charge is 0.307 e. The van der Waals surface area contributed by atoms with E-state index in [-0.39, 0.29) is 6.42 Å². The largest absolute Gasteiger partial charge is 0.421 e. The van der Waals surface area contributed by atoms with E-state index >= 15 is 0 Å². The molecule has 0 radical (unpaired) electrons. The van der Waals surface area contributed by atoms with Crippen LogP contribution in [0.1, 0.15) is 96.8 Å². The van der Waals surface area contributed by atoms with Crippen LogP contribution in [-0.2, 0) is 9.08 Å². The van der Waals surface area contributed by atoms with Gasteiger partial charge < -0.3 is 9.32 Å². The van der Waals surface area contributed by atoms with E-state index in [0.717, 1.165) is 12.8 Å². The molecule has 4 nitrogen and oxygen atoms in total. The molecule has 0 aliphatic rings. The molecule has 0 heterocycles. The van der Waals surface area contributed by atoms with Gasteiger partial charge in [0.25, 0.3) is 0 Å². The summed E-state index contributed by atoms with van der Waals surface area (Å²) < 4.78 is 24.1. The Kier molecular flexibility index (Phi) is 15.8. The van der Waals surface area contributed by atoms with Gasteiger partial charge in [-0.05, 0) is 6.42 Å². The topological polar surface area (TPSA) is 72.4 Å². The van der Waals surface area contributed by atoms with Crippen molar-refractivity contribution in [3.63, 3.8) is 0 Å². The van der Waals surface area contributed by atoms with E-state index in [4.69, 9.17) is 0 Å². The summed E-state index contributed by atoms with van der Waals surface area (Å²) >= 11 is 0. The second-order valence-corrected chi connectivity index (χ2v) is 6.16. The Balaban J connectivity index is 3.07. The van der Waals surface area contributed by atoms with E-state index in [1.807, 2.05) is 0 Å². The molecule has 0 saturated heterocycles. The van der Waals surface area contributed by atoms with Crippen LogP contribution in [0.5, 0.6) is 0 Å². The molecule has 5 heteroatoms. The SMILES string of the molecule is CCCCCCCCCCCCCCCC(=O)O[Cl+2]([O-])[O-]. The van der Waals surface area contributed by atoms with Gasteiger partial charge in [0.2, 0.25) is 0 Å². The zero-order valence-corrected chi connectivity index (χ0v) is 14.2. The van der Waals surface area contributed by atoms with E-state index in [1.54, 1.807) is 0 Å². The molecule has 126 valence electrons. The molecule has 0 fully saturated rings. The van der Waals surface area contributed by atoms with E-state index in [1.165, 1.54) is 64.2 Å². The number of carbonyl (C=O) groups excluding carboxylic acids is 1. The second-order valence-electron chi connectivity index (χ2n) is 5.63. The number of carbonyl (C=O) groups is 1. The fraction of sp³-hybridized carbons (Fsp3) is 0.938. The number of hydrogen-bond donors (Lipinski definition) is 0. The van der Waals surface area contributed by atoms with Crippen molar-refractivity contribution in [2.24, 2.45) is 0 Å². The molecular formula is C16H31ClO4. The first-order valence-electron chi connectivity index (χ1n) is 8.43. The Labute approximate surface area is 132 Å². The quantitative estimate of drug-likeness (QED) is 0.434. The summed E-state index contributed by atoms with van der Waals surface area (Å²) in [5, 5.41) is 0. The molecule has 0 unspecified atom stereocenters. The lowest BCUT2D eigenvalue weighted by Crippen LogP contribution is -2.36. The molecule has 0 aromatic carbocycles. The maximum Gasteiger partial charge on any atom is 0.421 e. The van der Waals surface area contributed by atoms with Gasteiger partial charge in [0, 0.05) is 0 Å². The van der Waals surface area contributed by atoms with Gasteiger partial charge in [-0.15, -0.1) is 0 Å². The van der Waals surface area contributed by atoms with Gasteiger partial charge in [-0.2, -0.15) is 0 Å². The number of hydrogen-bond acceptors (Lipinski definition) is 4. The fourth-order valence-corrected chi connectivity index (χ4v) is 2.61. The standard InChI is InChI=1S/C16H31ClO4/c1-2-3-4-5-6-7-8-9-10-11-12-13-14-15-16(18)21-17(19)20/h2-15H2,1H3. The van der Waals surface area contributed by atoms with E-state index in [9.17, 15) is 14.1 Å². The molecule has 0 spiro atoms. The van der Waals surface area contributed by atoms with Crippen molar-refractivity contribution in [2.75, 3.05) is 0 Å². The van der Waals surface area contributed by atoms with Crippen LogP contribution < -0.4 is 9.32 Å². The number of unbranched alkanes of at least 4 members (excludes halogenated alkanes) is 12. The van der Waals surface area contributed by atoms with E-state index < -0.39 is 16.8 Å². The Morgan fingerprint density at radius 2 is 1.14 bits per heavy atom. The molecule has 0 amide bonds. The summed E-state index contributed by atoms with van der Waals surface area (Å²) in [6, 6.07) is 0. The third-order valence-electron chi connectivity index (χ3n) is 3.63. The van der Waals surface area contributed by atoms with Gasteiger partial charge in [0.05, 0.1) is 6.42 Å². The highest BCUT2D eigenvalue weighted by Crippen LogP contribution is 2.13. The van der Waals surface area contributed by atoms with Crippen molar-refractivity contribution in [1.29, 1.82) is 0 Å². The first kappa shape index (κ1) is 20.7. The van der Waals surface area contributed by atoms with Crippen LogP contribution in [0.25, 0.3) is 0 Å². The summed E-state index contributed by atoms with van der Waals surface area (Å²) in [7, 11) is -2.39. The molecular weight excluding hydrogens is 292 g/mol. The van der Waals surface area contributed by atoms with Crippen LogP contribution in [0, 0.1) is 10.8 Å². The normalized spacial score (nSPS) is 11.0. The Morgan fingerprint density at radius 1 is 0.762 bits per heavy atom. The van der Waals surface area contributed by atoms with Crippen molar-refractivity contribution in [1.82, 2.24) is 0 Å². The fourth-order valence-electron chi connectivity index (χ4n) is 2.40. The maximum absolute atomic E-state index is 10.9. The highest BCUT2D eigenvalue weighted by Gasteiger charge is 2.16.